The third-order valence-electron chi connectivity index (χ3n) is 3.82. The first-order valence-corrected chi connectivity index (χ1v) is 8.92. The number of benzene rings is 2. The standard InChI is InChI=1S/C19H19Cl2N3O4/c1-10-5-6-12(9-14(10)21)23-24-16(11(2)25)19(26)22-17-15(27-3)8-7-13(20)18(17)28-4/h5-9,16H,1-4H3,(H,22,26). The summed E-state index contributed by atoms with van der Waals surface area (Å²) in [5.41, 5.74) is 1.50. The van der Waals surface area contributed by atoms with Gasteiger partial charge in [-0.1, -0.05) is 29.3 Å². The number of carbonyl (C=O) groups is 2. The molecular weight excluding hydrogens is 405 g/mol. The summed E-state index contributed by atoms with van der Waals surface area (Å²) in [6.07, 6.45) is 0. The maximum Gasteiger partial charge on any atom is 0.259 e. The molecule has 0 saturated carbocycles. The fourth-order valence-corrected chi connectivity index (χ4v) is 2.71. The van der Waals surface area contributed by atoms with E-state index in [-0.39, 0.29) is 16.5 Å². The highest BCUT2D eigenvalue weighted by molar-refractivity contribution is 6.33. The molecule has 0 aromatic heterocycles. The zero-order chi connectivity index (χ0) is 20.8. The molecule has 1 N–H and O–H groups in total. The summed E-state index contributed by atoms with van der Waals surface area (Å²) in [7, 11) is 2.83. The van der Waals surface area contributed by atoms with Crippen LogP contribution in [0.1, 0.15) is 12.5 Å². The van der Waals surface area contributed by atoms with Gasteiger partial charge in [0.1, 0.15) is 11.4 Å². The van der Waals surface area contributed by atoms with Gasteiger partial charge < -0.3 is 14.8 Å². The van der Waals surface area contributed by atoms with Crippen molar-refractivity contribution < 1.29 is 19.1 Å². The van der Waals surface area contributed by atoms with E-state index in [0.717, 1.165) is 5.56 Å². The molecule has 2 aromatic rings. The summed E-state index contributed by atoms with van der Waals surface area (Å²) in [5, 5.41) is 11.2. The summed E-state index contributed by atoms with van der Waals surface area (Å²) in [6.45, 7) is 3.10. The molecule has 9 heteroatoms. The second-order valence-electron chi connectivity index (χ2n) is 5.81. The largest absolute Gasteiger partial charge is 0.494 e. The first-order valence-electron chi connectivity index (χ1n) is 8.17. The van der Waals surface area contributed by atoms with Crippen molar-refractivity contribution in [1.82, 2.24) is 0 Å². The molecule has 0 fully saturated rings. The molecule has 28 heavy (non-hydrogen) atoms. The topological polar surface area (TPSA) is 89.3 Å². The molecular formula is C19H19Cl2N3O4. The first-order chi connectivity index (χ1) is 13.3. The van der Waals surface area contributed by atoms with E-state index in [1.54, 1.807) is 30.3 Å². The van der Waals surface area contributed by atoms with E-state index in [0.29, 0.717) is 16.5 Å². The van der Waals surface area contributed by atoms with Crippen LogP contribution >= 0.6 is 23.2 Å². The van der Waals surface area contributed by atoms with Crippen molar-refractivity contribution in [3.05, 3.63) is 45.9 Å². The van der Waals surface area contributed by atoms with Crippen LogP contribution in [-0.2, 0) is 9.59 Å². The molecule has 0 radical (unpaired) electrons. The average molecular weight is 424 g/mol. The Bertz CT molecular complexity index is 932. The smallest absolute Gasteiger partial charge is 0.259 e. The molecule has 0 aliphatic rings. The fraction of sp³-hybridized carbons (Fsp3) is 0.263. The van der Waals surface area contributed by atoms with Crippen LogP contribution in [0.3, 0.4) is 0 Å². The van der Waals surface area contributed by atoms with Gasteiger partial charge in [0.05, 0.1) is 24.9 Å². The normalized spacial score (nSPS) is 11.9. The number of hydrogen-bond acceptors (Lipinski definition) is 6. The zero-order valence-corrected chi connectivity index (χ0v) is 17.3. The number of Topliss-reactive ketones (excluding diaryl/α,β-unsaturated/α-hetero) is 1. The quantitative estimate of drug-likeness (QED) is 0.501. The van der Waals surface area contributed by atoms with Gasteiger partial charge in [0, 0.05) is 5.02 Å². The van der Waals surface area contributed by atoms with Crippen LogP contribution < -0.4 is 14.8 Å². The maximum absolute atomic E-state index is 12.7. The molecule has 0 aliphatic heterocycles. The molecule has 1 atom stereocenters. The summed E-state index contributed by atoms with van der Waals surface area (Å²) in [5.74, 6) is -0.661. The Balaban J connectivity index is 2.31. The van der Waals surface area contributed by atoms with Crippen molar-refractivity contribution in [2.24, 2.45) is 10.2 Å². The molecule has 0 aliphatic carbocycles. The number of methoxy groups -OCH3 is 2. The minimum Gasteiger partial charge on any atom is -0.494 e. The van der Waals surface area contributed by atoms with E-state index in [9.17, 15) is 9.59 Å². The van der Waals surface area contributed by atoms with Gasteiger partial charge in [-0.25, -0.2) is 0 Å². The van der Waals surface area contributed by atoms with Crippen LogP contribution in [0.25, 0.3) is 0 Å². The van der Waals surface area contributed by atoms with E-state index in [1.807, 2.05) is 6.92 Å². The Morgan fingerprint density at radius 1 is 1.07 bits per heavy atom. The molecule has 2 rings (SSSR count). The molecule has 1 unspecified atom stereocenters. The van der Waals surface area contributed by atoms with Gasteiger partial charge in [0.15, 0.2) is 11.5 Å². The summed E-state index contributed by atoms with van der Waals surface area (Å²) in [4.78, 5) is 24.6. The van der Waals surface area contributed by atoms with Gasteiger partial charge in [0.25, 0.3) is 5.91 Å². The second kappa shape index (κ2) is 9.52. The monoisotopic (exact) mass is 423 g/mol. The highest BCUT2D eigenvalue weighted by atomic mass is 35.5. The molecule has 0 saturated heterocycles. The van der Waals surface area contributed by atoms with Gasteiger partial charge in [-0.3, -0.25) is 9.59 Å². The number of nitrogens with one attached hydrogen (secondary N) is 1. The van der Waals surface area contributed by atoms with Gasteiger partial charge >= 0.3 is 0 Å². The number of azo groups is 1. The predicted octanol–water partition coefficient (Wildman–Crippen LogP) is 5.00. The molecule has 0 spiro atoms. The van der Waals surface area contributed by atoms with Gasteiger partial charge in [-0.05, 0) is 43.7 Å². The summed E-state index contributed by atoms with van der Waals surface area (Å²) < 4.78 is 10.5. The zero-order valence-electron chi connectivity index (χ0n) is 15.7. The summed E-state index contributed by atoms with van der Waals surface area (Å²) >= 11 is 12.2. The minimum atomic E-state index is -1.37. The number of hydrogen-bond donors (Lipinski definition) is 1. The van der Waals surface area contributed by atoms with E-state index in [1.165, 1.54) is 21.1 Å². The van der Waals surface area contributed by atoms with Crippen molar-refractivity contribution >= 4 is 46.3 Å². The van der Waals surface area contributed by atoms with Crippen LogP contribution in [0.4, 0.5) is 11.4 Å². The number of carbonyl (C=O) groups excluding carboxylic acids is 2. The van der Waals surface area contributed by atoms with Crippen molar-refractivity contribution in [1.29, 1.82) is 0 Å². The Kier molecular flexibility index (Phi) is 7.37. The lowest BCUT2D eigenvalue weighted by atomic mass is 10.2. The first kappa shape index (κ1) is 21.7. The Morgan fingerprint density at radius 3 is 2.36 bits per heavy atom. The fourth-order valence-electron chi connectivity index (χ4n) is 2.31. The highest BCUT2D eigenvalue weighted by Crippen LogP contribution is 2.40. The van der Waals surface area contributed by atoms with Gasteiger partial charge in [-0.2, -0.15) is 10.2 Å². The lowest BCUT2D eigenvalue weighted by Gasteiger charge is -2.16. The lowest BCUT2D eigenvalue weighted by molar-refractivity contribution is -0.126. The van der Waals surface area contributed by atoms with E-state index in [4.69, 9.17) is 32.7 Å². The number of amides is 1. The molecule has 1 amide bonds. The Hall–Kier alpha value is -2.64. The van der Waals surface area contributed by atoms with Crippen molar-refractivity contribution in [2.75, 3.05) is 19.5 Å². The van der Waals surface area contributed by atoms with Crippen LogP contribution in [-0.4, -0.2) is 32.0 Å². The minimum absolute atomic E-state index is 0.197. The van der Waals surface area contributed by atoms with Crippen molar-refractivity contribution in [3.8, 4) is 11.5 Å². The van der Waals surface area contributed by atoms with Crippen LogP contribution in [0.2, 0.25) is 10.0 Å². The molecule has 0 bridgehead atoms. The number of rotatable bonds is 7. The number of anilines is 1. The SMILES string of the molecule is COc1ccc(Cl)c(OC)c1NC(=O)C(N=Nc1ccc(C)c(Cl)c1)C(C)=O. The van der Waals surface area contributed by atoms with Gasteiger partial charge in [0.2, 0.25) is 6.04 Å². The van der Waals surface area contributed by atoms with Crippen LogP contribution in [0.5, 0.6) is 11.5 Å². The van der Waals surface area contributed by atoms with E-state index >= 15 is 0 Å². The lowest BCUT2D eigenvalue weighted by Crippen LogP contribution is -2.32. The Morgan fingerprint density at radius 2 is 1.79 bits per heavy atom. The highest BCUT2D eigenvalue weighted by Gasteiger charge is 2.26. The number of ketones is 1. The van der Waals surface area contributed by atoms with Crippen molar-refractivity contribution in [2.45, 2.75) is 19.9 Å². The number of halogens is 2. The van der Waals surface area contributed by atoms with E-state index in [2.05, 4.69) is 15.5 Å². The average Bonchev–Trinajstić information content (AvgIpc) is 2.65. The van der Waals surface area contributed by atoms with Crippen LogP contribution in [0.15, 0.2) is 40.6 Å². The molecule has 0 heterocycles. The summed E-state index contributed by atoms with van der Waals surface area (Å²) in [6, 6.07) is 6.81. The van der Waals surface area contributed by atoms with Gasteiger partial charge in [-0.15, -0.1) is 0 Å². The molecule has 7 nitrogen and oxygen atoms in total. The molecule has 2 aromatic carbocycles. The third-order valence-corrected chi connectivity index (χ3v) is 4.53. The van der Waals surface area contributed by atoms with Crippen molar-refractivity contribution in [3.63, 3.8) is 0 Å². The van der Waals surface area contributed by atoms with E-state index < -0.39 is 17.7 Å². The maximum atomic E-state index is 12.7. The predicted molar refractivity (Wildman–Crippen MR) is 108 cm³/mol. The third kappa shape index (κ3) is 4.99. The van der Waals surface area contributed by atoms with Crippen LogP contribution in [0, 0.1) is 6.92 Å². The second-order valence-corrected chi connectivity index (χ2v) is 6.62. The molecule has 148 valence electrons. The number of aryl methyl sites for hydroxylation is 1. The number of ether oxygens (including phenoxy) is 2. The number of nitrogens with zero attached hydrogens (tertiary/aromatic N) is 2. The Labute approximate surface area is 172 Å².